The highest BCUT2D eigenvalue weighted by Crippen LogP contribution is 2.35. The van der Waals surface area contributed by atoms with Crippen molar-refractivity contribution in [2.45, 2.75) is 37.8 Å². The van der Waals surface area contributed by atoms with Gasteiger partial charge in [0.15, 0.2) is 5.82 Å². The Balaban J connectivity index is 1.69. The predicted molar refractivity (Wildman–Crippen MR) is 86.6 cm³/mol. The molecule has 120 valence electrons. The number of carboxylic acids is 1. The summed E-state index contributed by atoms with van der Waals surface area (Å²) in [5, 5.41) is 12.0. The highest BCUT2D eigenvalue weighted by molar-refractivity contribution is 5.66. The summed E-state index contributed by atoms with van der Waals surface area (Å²) in [7, 11) is 0. The van der Waals surface area contributed by atoms with Gasteiger partial charge in [-0.05, 0) is 30.7 Å². The predicted octanol–water partition coefficient (Wildman–Crippen LogP) is 2.08. The Labute approximate surface area is 133 Å². The maximum atomic E-state index is 12.2. The van der Waals surface area contributed by atoms with Crippen LogP contribution in [0.4, 0.5) is 5.82 Å². The molecule has 0 bridgehead atoms. The van der Waals surface area contributed by atoms with Gasteiger partial charge in [-0.3, -0.25) is 14.2 Å². The number of aromatic nitrogens is 2. The van der Waals surface area contributed by atoms with Gasteiger partial charge in [0.05, 0.1) is 0 Å². The summed E-state index contributed by atoms with van der Waals surface area (Å²) < 4.78 is 1.15. The van der Waals surface area contributed by atoms with E-state index in [1.807, 2.05) is 18.2 Å². The molecule has 6 nitrogen and oxygen atoms in total. The Kier molecular flexibility index (Phi) is 4.41. The average molecular weight is 313 g/mol. The Morgan fingerprint density at radius 1 is 1.30 bits per heavy atom. The molecule has 0 aliphatic heterocycles. The number of rotatable bonds is 5. The number of hydrogen-bond acceptors (Lipinski definition) is 4. The van der Waals surface area contributed by atoms with Crippen molar-refractivity contribution in [1.82, 2.24) is 9.55 Å². The minimum atomic E-state index is -1.05. The number of nitrogens with one attached hydrogen (secondary N) is 1. The van der Waals surface area contributed by atoms with E-state index in [9.17, 15) is 9.59 Å². The van der Waals surface area contributed by atoms with E-state index in [4.69, 9.17) is 5.11 Å². The molecule has 0 unspecified atom stereocenters. The van der Waals surface area contributed by atoms with Crippen molar-refractivity contribution in [2.24, 2.45) is 0 Å². The fourth-order valence-corrected chi connectivity index (χ4v) is 3.15. The second-order valence-electron chi connectivity index (χ2n) is 5.86. The average Bonchev–Trinajstić information content (AvgIpc) is 3.00. The Hall–Kier alpha value is -2.63. The zero-order valence-electron chi connectivity index (χ0n) is 12.7. The monoisotopic (exact) mass is 313 g/mol. The summed E-state index contributed by atoms with van der Waals surface area (Å²) >= 11 is 0. The molecule has 0 amide bonds. The van der Waals surface area contributed by atoms with Gasteiger partial charge in [0.1, 0.15) is 6.54 Å². The third-order valence-electron chi connectivity index (χ3n) is 4.26. The maximum Gasteiger partial charge on any atom is 0.323 e. The lowest BCUT2D eigenvalue weighted by Crippen LogP contribution is -2.29. The summed E-state index contributed by atoms with van der Waals surface area (Å²) in [4.78, 5) is 27.1. The molecule has 0 radical (unpaired) electrons. The molecule has 2 atom stereocenters. The van der Waals surface area contributed by atoms with Gasteiger partial charge in [-0.1, -0.05) is 30.3 Å². The van der Waals surface area contributed by atoms with Crippen molar-refractivity contribution in [2.75, 3.05) is 5.32 Å². The molecule has 1 saturated carbocycles. The fraction of sp³-hybridized carbons (Fsp3) is 0.353. The van der Waals surface area contributed by atoms with Gasteiger partial charge in [-0.25, -0.2) is 4.98 Å². The van der Waals surface area contributed by atoms with E-state index in [-0.39, 0.29) is 18.4 Å². The smallest absolute Gasteiger partial charge is 0.323 e. The molecular formula is C17H19N3O3. The fourth-order valence-electron chi connectivity index (χ4n) is 3.15. The second-order valence-corrected chi connectivity index (χ2v) is 5.86. The lowest BCUT2D eigenvalue weighted by molar-refractivity contribution is -0.137. The maximum absolute atomic E-state index is 12.2. The van der Waals surface area contributed by atoms with E-state index in [0.29, 0.717) is 5.92 Å². The molecule has 1 aliphatic rings. The van der Waals surface area contributed by atoms with E-state index in [0.717, 1.165) is 23.8 Å². The van der Waals surface area contributed by atoms with E-state index in [1.165, 1.54) is 18.0 Å². The van der Waals surface area contributed by atoms with E-state index >= 15 is 0 Å². The Morgan fingerprint density at radius 3 is 2.83 bits per heavy atom. The van der Waals surface area contributed by atoms with Crippen molar-refractivity contribution in [3.8, 4) is 0 Å². The molecule has 1 heterocycles. The van der Waals surface area contributed by atoms with Crippen molar-refractivity contribution >= 4 is 11.8 Å². The lowest BCUT2D eigenvalue weighted by atomic mass is 9.98. The molecule has 23 heavy (non-hydrogen) atoms. The molecule has 2 N–H and O–H groups in total. The van der Waals surface area contributed by atoms with Crippen LogP contribution in [0.2, 0.25) is 0 Å². The molecule has 0 spiro atoms. The van der Waals surface area contributed by atoms with Crippen LogP contribution in [0, 0.1) is 0 Å². The van der Waals surface area contributed by atoms with Crippen LogP contribution in [0.1, 0.15) is 30.7 Å². The van der Waals surface area contributed by atoms with E-state index in [1.54, 1.807) is 0 Å². The first kappa shape index (κ1) is 15.3. The SMILES string of the molecule is O=C(O)Cn1ccnc(N[C@@H]2CC[C@H](c3ccccc3)C2)c1=O. The Morgan fingerprint density at radius 2 is 2.09 bits per heavy atom. The zero-order valence-corrected chi connectivity index (χ0v) is 12.7. The minimum Gasteiger partial charge on any atom is -0.480 e. The summed E-state index contributed by atoms with van der Waals surface area (Å²) in [6.07, 6.45) is 5.82. The zero-order chi connectivity index (χ0) is 16.2. The van der Waals surface area contributed by atoms with Crippen LogP contribution in [0.3, 0.4) is 0 Å². The van der Waals surface area contributed by atoms with E-state index in [2.05, 4.69) is 22.4 Å². The van der Waals surface area contributed by atoms with Crippen molar-refractivity contribution in [3.63, 3.8) is 0 Å². The summed E-state index contributed by atoms with van der Waals surface area (Å²) in [5.41, 5.74) is 0.930. The lowest BCUT2D eigenvalue weighted by Gasteiger charge is -2.14. The molecule has 0 saturated heterocycles. The van der Waals surface area contributed by atoms with Gasteiger partial charge in [0, 0.05) is 18.4 Å². The van der Waals surface area contributed by atoms with Crippen LogP contribution in [0.5, 0.6) is 0 Å². The number of nitrogens with zero attached hydrogens (tertiary/aromatic N) is 2. The number of aliphatic carboxylic acids is 1. The van der Waals surface area contributed by atoms with E-state index < -0.39 is 11.5 Å². The largest absolute Gasteiger partial charge is 0.480 e. The van der Waals surface area contributed by atoms with Crippen molar-refractivity contribution < 1.29 is 9.90 Å². The molecule has 1 aromatic heterocycles. The molecule has 1 fully saturated rings. The van der Waals surface area contributed by atoms with Gasteiger partial charge in [0.25, 0.3) is 5.56 Å². The van der Waals surface area contributed by atoms with Crippen LogP contribution < -0.4 is 10.9 Å². The van der Waals surface area contributed by atoms with Gasteiger partial charge < -0.3 is 10.4 Å². The minimum absolute atomic E-state index is 0.182. The van der Waals surface area contributed by atoms with Gasteiger partial charge in [0.2, 0.25) is 0 Å². The number of anilines is 1. The highest BCUT2D eigenvalue weighted by Gasteiger charge is 2.26. The van der Waals surface area contributed by atoms with Crippen LogP contribution in [-0.4, -0.2) is 26.7 Å². The summed E-state index contributed by atoms with van der Waals surface area (Å²) in [5.74, 6) is -0.333. The number of carboxylic acid groups (broad SMARTS) is 1. The van der Waals surface area contributed by atoms with Crippen molar-refractivity contribution in [3.05, 3.63) is 58.6 Å². The first-order chi connectivity index (χ1) is 11.1. The summed E-state index contributed by atoms with van der Waals surface area (Å²) in [6, 6.07) is 10.5. The highest BCUT2D eigenvalue weighted by atomic mass is 16.4. The Bertz CT molecular complexity index is 742. The number of hydrogen-bond donors (Lipinski definition) is 2. The van der Waals surface area contributed by atoms with Gasteiger partial charge in [-0.15, -0.1) is 0 Å². The van der Waals surface area contributed by atoms with Gasteiger partial charge >= 0.3 is 5.97 Å². The van der Waals surface area contributed by atoms with Crippen LogP contribution in [-0.2, 0) is 11.3 Å². The van der Waals surface area contributed by atoms with Crippen LogP contribution in [0.15, 0.2) is 47.5 Å². The molecular weight excluding hydrogens is 294 g/mol. The van der Waals surface area contributed by atoms with Crippen molar-refractivity contribution in [1.29, 1.82) is 0 Å². The molecule has 3 rings (SSSR count). The molecule has 1 aliphatic carbocycles. The third kappa shape index (κ3) is 3.59. The first-order valence-electron chi connectivity index (χ1n) is 7.72. The standard InChI is InChI=1S/C17H19N3O3/c21-15(22)11-20-9-8-18-16(17(20)23)19-14-7-6-13(10-14)12-4-2-1-3-5-12/h1-5,8-9,13-14H,6-7,10-11H2,(H,18,19)(H,21,22)/t13-,14+/m0/s1. The second kappa shape index (κ2) is 6.64. The number of benzene rings is 1. The van der Waals surface area contributed by atoms with Gasteiger partial charge in [-0.2, -0.15) is 0 Å². The molecule has 1 aromatic carbocycles. The first-order valence-corrected chi connectivity index (χ1v) is 7.72. The third-order valence-corrected chi connectivity index (χ3v) is 4.26. The summed E-state index contributed by atoms with van der Waals surface area (Å²) in [6.45, 7) is -0.354. The van der Waals surface area contributed by atoms with Crippen LogP contribution in [0.25, 0.3) is 0 Å². The molecule has 2 aromatic rings. The normalized spacial score (nSPS) is 20.3. The van der Waals surface area contributed by atoms with Crippen LogP contribution >= 0.6 is 0 Å². The number of carbonyl (C=O) groups is 1. The quantitative estimate of drug-likeness (QED) is 0.883. The molecule has 6 heteroatoms. The topological polar surface area (TPSA) is 84.2 Å².